The highest BCUT2D eigenvalue weighted by molar-refractivity contribution is 7.12. The zero-order valence-corrected chi connectivity index (χ0v) is 14.1. The minimum Gasteiger partial charge on any atom is -0.465 e. The Morgan fingerprint density at radius 3 is 2.38 bits per heavy atom. The Bertz CT molecular complexity index is 736. The van der Waals surface area contributed by atoms with E-state index in [0.717, 1.165) is 11.1 Å². The smallest absolute Gasteiger partial charge is 0.349 e. The molecule has 1 N–H and O–H groups in total. The van der Waals surface area contributed by atoms with E-state index in [1.807, 2.05) is 13.0 Å². The summed E-state index contributed by atoms with van der Waals surface area (Å²) in [4.78, 5) is 35.4. The van der Waals surface area contributed by atoms with Crippen LogP contribution in [-0.2, 0) is 20.8 Å². The Morgan fingerprint density at radius 2 is 1.79 bits per heavy atom. The fraction of sp³-hybridized carbons (Fsp3) is 0.235. The van der Waals surface area contributed by atoms with Crippen molar-refractivity contribution < 1.29 is 23.9 Å². The lowest BCUT2D eigenvalue weighted by Gasteiger charge is -2.07. The maximum Gasteiger partial charge on any atom is 0.349 e. The van der Waals surface area contributed by atoms with Crippen molar-refractivity contribution in [1.82, 2.24) is 5.32 Å². The van der Waals surface area contributed by atoms with Gasteiger partial charge in [-0.3, -0.25) is 4.79 Å². The van der Waals surface area contributed by atoms with Crippen molar-refractivity contribution in [2.75, 3.05) is 13.7 Å². The lowest BCUT2D eigenvalue weighted by Crippen LogP contribution is -2.28. The van der Waals surface area contributed by atoms with E-state index in [2.05, 4.69) is 10.1 Å². The first-order chi connectivity index (χ1) is 11.5. The van der Waals surface area contributed by atoms with Crippen molar-refractivity contribution in [2.24, 2.45) is 0 Å². The number of hydrogen-bond donors (Lipinski definition) is 1. The van der Waals surface area contributed by atoms with Crippen molar-refractivity contribution in [1.29, 1.82) is 0 Å². The van der Waals surface area contributed by atoms with E-state index in [1.54, 1.807) is 29.6 Å². The lowest BCUT2D eigenvalue weighted by atomic mass is 10.1. The van der Waals surface area contributed by atoms with Gasteiger partial charge in [0, 0.05) is 6.54 Å². The molecular formula is C17H17NO5S. The van der Waals surface area contributed by atoms with Gasteiger partial charge in [0.1, 0.15) is 4.88 Å². The topological polar surface area (TPSA) is 81.7 Å². The number of benzene rings is 1. The van der Waals surface area contributed by atoms with Gasteiger partial charge in [0.25, 0.3) is 5.91 Å². The quantitative estimate of drug-likeness (QED) is 0.811. The molecule has 2 rings (SSSR count). The number of nitrogens with one attached hydrogen (secondary N) is 1. The molecule has 1 aromatic heterocycles. The van der Waals surface area contributed by atoms with E-state index in [1.165, 1.54) is 18.4 Å². The minimum absolute atomic E-state index is 0.274. The monoisotopic (exact) mass is 347 g/mol. The minimum atomic E-state index is -0.500. The predicted octanol–water partition coefficient (Wildman–Crippen LogP) is 2.32. The largest absolute Gasteiger partial charge is 0.465 e. The Labute approximate surface area is 143 Å². The average molecular weight is 347 g/mol. The fourth-order valence-electron chi connectivity index (χ4n) is 1.91. The Hall–Kier alpha value is -2.67. The molecule has 1 amide bonds. The first-order valence-corrected chi connectivity index (χ1v) is 8.04. The number of methoxy groups -OCH3 is 1. The second-order valence-corrected chi connectivity index (χ2v) is 5.89. The summed E-state index contributed by atoms with van der Waals surface area (Å²) in [5.74, 6) is -1.31. The van der Waals surface area contributed by atoms with Crippen molar-refractivity contribution in [3.05, 3.63) is 57.3 Å². The second kappa shape index (κ2) is 8.26. The van der Waals surface area contributed by atoms with E-state index in [9.17, 15) is 14.4 Å². The molecule has 1 heterocycles. The van der Waals surface area contributed by atoms with Crippen LogP contribution in [0, 0.1) is 6.92 Å². The van der Waals surface area contributed by atoms with Gasteiger partial charge in [-0.1, -0.05) is 12.1 Å². The SMILES string of the molecule is COC(=O)c1ccc(CNC(=O)COC(=O)c2sccc2C)cc1. The number of thiophene rings is 1. The molecule has 6 nitrogen and oxygen atoms in total. The highest BCUT2D eigenvalue weighted by atomic mass is 32.1. The molecule has 0 fully saturated rings. The Kier molecular flexibility index (Phi) is 6.08. The van der Waals surface area contributed by atoms with E-state index in [-0.39, 0.29) is 13.2 Å². The van der Waals surface area contributed by atoms with Gasteiger partial charge in [0.2, 0.25) is 0 Å². The van der Waals surface area contributed by atoms with Gasteiger partial charge < -0.3 is 14.8 Å². The van der Waals surface area contributed by atoms with Crippen LogP contribution in [0.25, 0.3) is 0 Å². The number of hydrogen-bond acceptors (Lipinski definition) is 6. The zero-order valence-electron chi connectivity index (χ0n) is 13.3. The Morgan fingerprint density at radius 1 is 1.08 bits per heavy atom. The van der Waals surface area contributed by atoms with Crippen LogP contribution in [0.3, 0.4) is 0 Å². The molecule has 0 radical (unpaired) electrons. The highest BCUT2D eigenvalue weighted by Gasteiger charge is 2.13. The number of carbonyl (C=O) groups is 3. The van der Waals surface area contributed by atoms with Crippen LogP contribution in [0.15, 0.2) is 35.7 Å². The molecule has 1 aromatic carbocycles. The van der Waals surface area contributed by atoms with Gasteiger partial charge in [-0.15, -0.1) is 11.3 Å². The van der Waals surface area contributed by atoms with Crippen LogP contribution in [0.4, 0.5) is 0 Å². The average Bonchev–Trinajstić information content (AvgIpc) is 3.03. The van der Waals surface area contributed by atoms with Crippen LogP contribution < -0.4 is 5.32 Å². The third-order valence-electron chi connectivity index (χ3n) is 3.25. The van der Waals surface area contributed by atoms with Gasteiger partial charge in [-0.2, -0.15) is 0 Å². The summed E-state index contributed by atoms with van der Waals surface area (Å²) in [7, 11) is 1.31. The maximum atomic E-state index is 11.8. The van der Waals surface area contributed by atoms with Gasteiger partial charge in [-0.25, -0.2) is 9.59 Å². The van der Waals surface area contributed by atoms with Crippen LogP contribution in [-0.4, -0.2) is 31.6 Å². The second-order valence-electron chi connectivity index (χ2n) is 4.97. The van der Waals surface area contributed by atoms with E-state index >= 15 is 0 Å². The fourth-order valence-corrected chi connectivity index (χ4v) is 2.72. The number of esters is 2. The summed E-state index contributed by atoms with van der Waals surface area (Å²) in [6.45, 7) is 1.75. The molecule has 2 aromatic rings. The van der Waals surface area contributed by atoms with Gasteiger partial charge in [0.05, 0.1) is 12.7 Å². The summed E-state index contributed by atoms with van der Waals surface area (Å²) >= 11 is 1.28. The summed E-state index contributed by atoms with van der Waals surface area (Å²) in [5.41, 5.74) is 2.08. The van der Waals surface area contributed by atoms with Gasteiger partial charge in [0.15, 0.2) is 6.61 Å². The van der Waals surface area contributed by atoms with Crippen molar-refractivity contribution in [3.63, 3.8) is 0 Å². The molecule has 0 aliphatic rings. The predicted molar refractivity (Wildman–Crippen MR) is 89.0 cm³/mol. The molecule has 0 bridgehead atoms. The standard InChI is InChI=1S/C17H17NO5S/c1-11-7-8-24-15(11)17(21)23-10-14(19)18-9-12-3-5-13(6-4-12)16(20)22-2/h3-8H,9-10H2,1-2H3,(H,18,19). The molecule has 0 unspecified atom stereocenters. The molecule has 0 spiro atoms. The van der Waals surface area contributed by atoms with Crippen molar-refractivity contribution in [3.8, 4) is 0 Å². The summed E-state index contributed by atoms with van der Waals surface area (Å²) in [5, 5.41) is 4.44. The van der Waals surface area contributed by atoms with Crippen LogP contribution in [0.5, 0.6) is 0 Å². The Balaban J connectivity index is 1.78. The van der Waals surface area contributed by atoms with E-state index in [0.29, 0.717) is 10.4 Å². The molecule has 0 aliphatic heterocycles. The molecule has 7 heteroatoms. The summed E-state index contributed by atoms with van der Waals surface area (Å²) in [6.07, 6.45) is 0. The number of aryl methyl sites for hydroxylation is 1. The molecule has 0 saturated heterocycles. The molecular weight excluding hydrogens is 330 g/mol. The van der Waals surface area contributed by atoms with E-state index < -0.39 is 17.8 Å². The first kappa shape index (κ1) is 17.7. The highest BCUT2D eigenvalue weighted by Crippen LogP contribution is 2.16. The third-order valence-corrected chi connectivity index (χ3v) is 4.24. The molecule has 0 saturated carbocycles. The summed E-state index contributed by atoms with van der Waals surface area (Å²) in [6, 6.07) is 8.49. The normalized spacial score (nSPS) is 10.1. The van der Waals surface area contributed by atoms with Crippen LogP contribution in [0.2, 0.25) is 0 Å². The molecule has 24 heavy (non-hydrogen) atoms. The zero-order chi connectivity index (χ0) is 17.5. The van der Waals surface area contributed by atoms with Crippen LogP contribution >= 0.6 is 11.3 Å². The molecule has 0 aliphatic carbocycles. The van der Waals surface area contributed by atoms with Crippen molar-refractivity contribution in [2.45, 2.75) is 13.5 Å². The number of carbonyl (C=O) groups excluding carboxylic acids is 3. The lowest BCUT2D eigenvalue weighted by molar-refractivity contribution is -0.124. The molecule has 0 atom stereocenters. The van der Waals surface area contributed by atoms with Gasteiger partial charge in [-0.05, 0) is 41.6 Å². The van der Waals surface area contributed by atoms with Crippen LogP contribution in [0.1, 0.15) is 31.2 Å². The number of amides is 1. The molecule has 126 valence electrons. The first-order valence-electron chi connectivity index (χ1n) is 7.16. The number of ether oxygens (including phenoxy) is 2. The van der Waals surface area contributed by atoms with E-state index in [4.69, 9.17) is 4.74 Å². The van der Waals surface area contributed by atoms with Gasteiger partial charge >= 0.3 is 11.9 Å². The third kappa shape index (κ3) is 4.66. The number of rotatable bonds is 6. The van der Waals surface area contributed by atoms with Crippen molar-refractivity contribution >= 4 is 29.2 Å². The maximum absolute atomic E-state index is 11.8. The summed E-state index contributed by atoms with van der Waals surface area (Å²) < 4.78 is 9.59.